The van der Waals surface area contributed by atoms with Gasteiger partial charge in [0, 0.05) is 19.1 Å². The van der Waals surface area contributed by atoms with Gasteiger partial charge in [-0.05, 0) is 59.6 Å². The Morgan fingerprint density at radius 1 is 1.35 bits per heavy atom. The molecule has 2 saturated carbocycles. The summed E-state index contributed by atoms with van der Waals surface area (Å²) in [5, 5.41) is 12.4. The number of ether oxygens (including phenoxy) is 3. The second-order valence-corrected chi connectivity index (χ2v) is 9.60. The Labute approximate surface area is 181 Å². The number of nitrogens with one attached hydrogen (secondary N) is 1. The standard InChI is InChI=1S/C23H31F2NO5/c1-22(2)14-11-15-19(13-4-5-16(31-21(24)25)17(10-13)29-3)30-9-7-23(15,12-14)20(22)26-18(28)6-8-27/h4-5,10,14-15,19-21,27H,6-9,11-12H2,1-3H3,(H,26,28)/t14-,15-,19-,20-,23-/m1/s1. The molecule has 3 fully saturated rings. The minimum Gasteiger partial charge on any atom is -0.493 e. The number of hydrogen-bond acceptors (Lipinski definition) is 5. The molecule has 1 spiro atoms. The molecule has 4 rings (SSSR count). The SMILES string of the molecule is COc1cc([C@H]2OCC[C@@]34C[C@@H](C[C@H]23)C(C)(C)[C@H]4NC(=O)CCO)ccc1OC(F)F. The number of carbonyl (C=O) groups excluding carboxylic acids is 1. The van der Waals surface area contributed by atoms with Gasteiger partial charge in [0.25, 0.3) is 0 Å². The quantitative estimate of drug-likeness (QED) is 0.678. The van der Waals surface area contributed by atoms with E-state index in [9.17, 15) is 18.7 Å². The van der Waals surface area contributed by atoms with Crippen molar-refractivity contribution < 1.29 is 32.9 Å². The van der Waals surface area contributed by atoms with Gasteiger partial charge in [-0.25, -0.2) is 0 Å². The smallest absolute Gasteiger partial charge is 0.387 e. The summed E-state index contributed by atoms with van der Waals surface area (Å²) in [6.45, 7) is 1.91. The molecule has 0 aromatic heterocycles. The van der Waals surface area contributed by atoms with Crippen molar-refractivity contribution >= 4 is 5.91 Å². The zero-order valence-corrected chi connectivity index (χ0v) is 18.2. The Bertz CT molecular complexity index is 832. The lowest BCUT2D eigenvalue weighted by Crippen LogP contribution is -2.59. The van der Waals surface area contributed by atoms with Gasteiger partial charge >= 0.3 is 6.61 Å². The largest absolute Gasteiger partial charge is 0.493 e. The molecule has 2 N–H and O–H groups in total. The van der Waals surface area contributed by atoms with Gasteiger partial charge in [-0.1, -0.05) is 19.9 Å². The monoisotopic (exact) mass is 439 g/mol. The van der Waals surface area contributed by atoms with E-state index in [0.717, 1.165) is 24.8 Å². The second-order valence-electron chi connectivity index (χ2n) is 9.60. The summed E-state index contributed by atoms with van der Waals surface area (Å²) in [5.74, 6) is 0.765. The van der Waals surface area contributed by atoms with Crippen molar-refractivity contribution in [3.05, 3.63) is 23.8 Å². The number of alkyl halides is 2. The third-order valence-electron chi connectivity index (χ3n) is 7.88. The van der Waals surface area contributed by atoms with Crippen molar-refractivity contribution in [2.24, 2.45) is 22.7 Å². The summed E-state index contributed by atoms with van der Waals surface area (Å²) in [6.07, 6.45) is 2.77. The van der Waals surface area contributed by atoms with Gasteiger partial charge in [-0.3, -0.25) is 4.79 Å². The third-order valence-corrected chi connectivity index (χ3v) is 7.88. The number of aliphatic hydroxyl groups excluding tert-OH is 1. The molecule has 0 radical (unpaired) electrons. The van der Waals surface area contributed by atoms with E-state index < -0.39 is 6.61 Å². The van der Waals surface area contributed by atoms with Gasteiger partial charge in [-0.2, -0.15) is 8.78 Å². The Morgan fingerprint density at radius 2 is 2.13 bits per heavy atom. The molecular weight excluding hydrogens is 408 g/mol. The van der Waals surface area contributed by atoms with Crippen LogP contribution in [0.3, 0.4) is 0 Å². The fraction of sp³-hybridized carbons (Fsp3) is 0.696. The molecule has 2 aliphatic carbocycles. The molecule has 1 saturated heterocycles. The number of amides is 1. The first-order valence-electron chi connectivity index (χ1n) is 10.9. The number of carbonyl (C=O) groups is 1. The molecule has 172 valence electrons. The van der Waals surface area contributed by atoms with Crippen LogP contribution in [0.15, 0.2) is 18.2 Å². The van der Waals surface area contributed by atoms with E-state index in [2.05, 4.69) is 23.9 Å². The maximum absolute atomic E-state index is 12.7. The highest BCUT2D eigenvalue weighted by atomic mass is 19.3. The average molecular weight is 439 g/mol. The van der Waals surface area contributed by atoms with Gasteiger partial charge in [-0.15, -0.1) is 0 Å². The number of fused-ring (bicyclic) bond motifs is 1. The summed E-state index contributed by atoms with van der Waals surface area (Å²) in [6, 6.07) is 4.98. The van der Waals surface area contributed by atoms with Gasteiger partial charge < -0.3 is 24.6 Å². The van der Waals surface area contributed by atoms with E-state index in [0.29, 0.717) is 12.5 Å². The number of rotatable bonds is 7. The van der Waals surface area contributed by atoms with Crippen LogP contribution in [0.5, 0.6) is 11.5 Å². The van der Waals surface area contributed by atoms with Crippen LogP contribution in [0.1, 0.15) is 51.2 Å². The third kappa shape index (κ3) is 3.67. The Hall–Kier alpha value is -1.93. The summed E-state index contributed by atoms with van der Waals surface area (Å²) < 4.78 is 41.4. The molecule has 1 aromatic carbocycles. The maximum Gasteiger partial charge on any atom is 0.387 e. The predicted molar refractivity (Wildman–Crippen MR) is 109 cm³/mol. The van der Waals surface area contributed by atoms with Gasteiger partial charge in [0.15, 0.2) is 11.5 Å². The highest BCUT2D eigenvalue weighted by molar-refractivity contribution is 5.76. The minimum absolute atomic E-state index is 0.00228. The molecule has 5 atom stereocenters. The zero-order valence-electron chi connectivity index (χ0n) is 18.2. The summed E-state index contributed by atoms with van der Waals surface area (Å²) in [4.78, 5) is 12.4. The number of methoxy groups -OCH3 is 1. The minimum atomic E-state index is -2.93. The first-order valence-corrected chi connectivity index (χ1v) is 10.9. The van der Waals surface area contributed by atoms with Crippen molar-refractivity contribution in [2.45, 2.75) is 58.3 Å². The fourth-order valence-electron chi connectivity index (χ4n) is 6.51. The molecule has 1 heterocycles. The molecule has 3 aliphatic rings. The Morgan fingerprint density at radius 3 is 2.81 bits per heavy atom. The number of hydrogen-bond donors (Lipinski definition) is 2. The molecular formula is C23H31F2NO5. The van der Waals surface area contributed by atoms with E-state index in [1.54, 1.807) is 12.1 Å². The molecule has 0 unspecified atom stereocenters. The number of benzene rings is 1. The van der Waals surface area contributed by atoms with Crippen LogP contribution in [-0.4, -0.2) is 44.0 Å². The Balaban J connectivity index is 1.64. The normalized spacial score (nSPS) is 33.3. The predicted octanol–water partition coefficient (Wildman–Crippen LogP) is 3.68. The Kier molecular flexibility index (Phi) is 5.89. The van der Waals surface area contributed by atoms with Crippen LogP contribution >= 0.6 is 0 Å². The van der Waals surface area contributed by atoms with Crippen LogP contribution in [-0.2, 0) is 9.53 Å². The van der Waals surface area contributed by atoms with Crippen molar-refractivity contribution in [1.29, 1.82) is 0 Å². The van der Waals surface area contributed by atoms with Crippen LogP contribution in [0.2, 0.25) is 0 Å². The molecule has 2 bridgehead atoms. The summed E-state index contributed by atoms with van der Waals surface area (Å²) in [7, 11) is 1.42. The van der Waals surface area contributed by atoms with Crippen molar-refractivity contribution in [1.82, 2.24) is 5.32 Å². The lowest BCUT2D eigenvalue weighted by molar-refractivity contribution is -0.137. The van der Waals surface area contributed by atoms with Crippen LogP contribution in [0, 0.1) is 22.7 Å². The number of halogens is 2. The van der Waals surface area contributed by atoms with Gasteiger partial charge in [0.2, 0.25) is 5.91 Å². The van der Waals surface area contributed by atoms with Crippen LogP contribution in [0.25, 0.3) is 0 Å². The van der Waals surface area contributed by atoms with E-state index >= 15 is 0 Å². The highest BCUT2D eigenvalue weighted by Crippen LogP contribution is 2.70. The highest BCUT2D eigenvalue weighted by Gasteiger charge is 2.68. The number of aliphatic hydroxyl groups is 1. The maximum atomic E-state index is 12.7. The van der Waals surface area contributed by atoms with Crippen molar-refractivity contribution in [3.8, 4) is 11.5 Å². The molecule has 1 aromatic rings. The van der Waals surface area contributed by atoms with E-state index in [4.69, 9.17) is 9.47 Å². The van der Waals surface area contributed by atoms with Crippen molar-refractivity contribution in [3.63, 3.8) is 0 Å². The molecule has 31 heavy (non-hydrogen) atoms. The van der Waals surface area contributed by atoms with Gasteiger partial charge in [0.05, 0.1) is 19.8 Å². The van der Waals surface area contributed by atoms with Gasteiger partial charge in [0.1, 0.15) is 0 Å². The molecule has 1 amide bonds. The first-order chi connectivity index (χ1) is 14.7. The van der Waals surface area contributed by atoms with Crippen LogP contribution < -0.4 is 14.8 Å². The molecule has 6 nitrogen and oxygen atoms in total. The lowest BCUT2D eigenvalue weighted by Gasteiger charge is -2.53. The van der Waals surface area contributed by atoms with E-state index in [1.165, 1.54) is 13.2 Å². The molecule has 8 heteroatoms. The van der Waals surface area contributed by atoms with Crippen LogP contribution in [0.4, 0.5) is 8.78 Å². The first kappa shape index (κ1) is 22.3. The summed E-state index contributed by atoms with van der Waals surface area (Å²) >= 11 is 0. The topological polar surface area (TPSA) is 77.0 Å². The fourth-order valence-corrected chi connectivity index (χ4v) is 6.51. The summed E-state index contributed by atoms with van der Waals surface area (Å²) in [5.41, 5.74) is 0.734. The van der Waals surface area contributed by atoms with Crippen molar-refractivity contribution in [2.75, 3.05) is 20.3 Å². The zero-order chi connectivity index (χ0) is 22.4. The molecule has 1 aliphatic heterocycles. The van der Waals surface area contributed by atoms with E-state index in [1.807, 2.05) is 0 Å². The lowest BCUT2D eigenvalue weighted by atomic mass is 9.59. The average Bonchev–Trinajstić information content (AvgIpc) is 3.20. The van der Waals surface area contributed by atoms with E-state index in [-0.39, 0.29) is 59.3 Å². The second kappa shape index (κ2) is 8.20.